The first-order chi connectivity index (χ1) is 15.7. The highest BCUT2D eigenvalue weighted by molar-refractivity contribution is 6.24. The van der Waals surface area contributed by atoms with Gasteiger partial charge in [0.2, 0.25) is 0 Å². The second-order valence-corrected chi connectivity index (χ2v) is 7.64. The maximum Gasteiger partial charge on any atom is 0.344 e. The normalized spacial score (nSPS) is 11.4. The number of fused-ring (bicyclic) bond motifs is 8. The lowest BCUT2D eigenvalue weighted by molar-refractivity contribution is 0.564. The molecule has 0 bridgehead atoms. The fourth-order valence-electron chi connectivity index (χ4n) is 4.34. The second kappa shape index (κ2) is 7.06. The van der Waals surface area contributed by atoms with Crippen LogP contribution in [-0.2, 0) is 0 Å². The standard InChI is InChI=1S/C28H16O4/c29-27-21-11-5-6-12-22(21)28(30)32-24-16-14-18-8-2-4-10-20(18)26(24)25-19-9-3-1-7-17(19)13-15-23(25)31-27/h1-16H. The first kappa shape index (κ1) is 18.3. The molecular formula is C28H16O4. The number of benzene rings is 5. The Kier molecular flexibility index (Phi) is 4.05. The Morgan fingerprint density at radius 3 is 1.22 bits per heavy atom. The predicted octanol–water partition coefficient (Wildman–Crippen LogP) is 6.48. The van der Waals surface area contributed by atoms with Crippen molar-refractivity contribution >= 4 is 54.3 Å². The highest BCUT2D eigenvalue weighted by Crippen LogP contribution is 2.34. The molecule has 0 saturated carbocycles. The van der Waals surface area contributed by atoms with Crippen molar-refractivity contribution in [3.8, 4) is 0 Å². The molecule has 4 heteroatoms. The summed E-state index contributed by atoms with van der Waals surface area (Å²) in [5, 5.41) is 5.56. The monoisotopic (exact) mass is 416 g/mol. The van der Waals surface area contributed by atoms with Gasteiger partial charge < -0.3 is 8.83 Å². The van der Waals surface area contributed by atoms with Gasteiger partial charge in [0.05, 0.1) is 10.8 Å². The maximum atomic E-state index is 13.1. The van der Waals surface area contributed by atoms with Gasteiger partial charge in [-0.25, -0.2) is 9.59 Å². The zero-order valence-electron chi connectivity index (χ0n) is 16.9. The molecule has 0 atom stereocenters. The van der Waals surface area contributed by atoms with E-state index >= 15 is 0 Å². The summed E-state index contributed by atoms with van der Waals surface area (Å²) in [4.78, 5) is 26.2. The van der Waals surface area contributed by atoms with Crippen LogP contribution in [0.4, 0.5) is 0 Å². The Morgan fingerprint density at radius 2 is 0.781 bits per heavy atom. The molecule has 0 amide bonds. The van der Waals surface area contributed by atoms with Crippen molar-refractivity contribution in [1.29, 1.82) is 0 Å². The third-order valence-corrected chi connectivity index (χ3v) is 5.80. The Hall–Kier alpha value is -4.44. The minimum Gasteiger partial charge on any atom is -0.422 e. The molecular weight excluding hydrogens is 400 g/mol. The lowest BCUT2D eigenvalue weighted by Crippen LogP contribution is -2.03. The largest absolute Gasteiger partial charge is 0.422 e. The highest BCUT2D eigenvalue weighted by Gasteiger charge is 2.11. The van der Waals surface area contributed by atoms with E-state index in [4.69, 9.17) is 8.83 Å². The molecule has 0 N–H and O–H groups in total. The summed E-state index contributed by atoms with van der Waals surface area (Å²) < 4.78 is 11.8. The molecule has 6 rings (SSSR count). The molecule has 0 unspecified atom stereocenters. The summed E-state index contributed by atoms with van der Waals surface area (Å²) in [6, 6.07) is 29.8. The quantitative estimate of drug-likeness (QED) is 0.284. The molecule has 1 aromatic heterocycles. The van der Waals surface area contributed by atoms with Crippen molar-refractivity contribution < 1.29 is 8.83 Å². The molecule has 1 heterocycles. The summed E-state index contributed by atoms with van der Waals surface area (Å²) in [6.45, 7) is 0. The van der Waals surface area contributed by atoms with Gasteiger partial charge in [-0.05, 0) is 45.8 Å². The summed E-state index contributed by atoms with van der Waals surface area (Å²) >= 11 is 0. The van der Waals surface area contributed by atoms with E-state index in [1.807, 2.05) is 60.7 Å². The van der Waals surface area contributed by atoms with Gasteiger partial charge in [-0.1, -0.05) is 72.8 Å². The summed E-state index contributed by atoms with van der Waals surface area (Å²) in [5.74, 6) is 0. The van der Waals surface area contributed by atoms with Crippen LogP contribution in [0.15, 0.2) is 115 Å². The van der Waals surface area contributed by atoms with Crippen molar-refractivity contribution in [3.05, 3.63) is 118 Å². The third-order valence-electron chi connectivity index (χ3n) is 5.80. The zero-order chi connectivity index (χ0) is 21.7. The Balaban J connectivity index is 2.08. The highest BCUT2D eigenvalue weighted by atomic mass is 16.4. The van der Waals surface area contributed by atoms with Crippen molar-refractivity contribution in [3.63, 3.8) is 0 Å². The average Bonchev–Trinajstić information content (AvgIpc) is 2.84. The van der Waals surface area contributed by atoms with Crippen LogP contribution in [-0.4, -0.2) is 0 Å². The molecule has 0 aliphatic carbocycles. The molecule has 32 heavy (non-hydrogen) atoms. The van der Waals surface area contributed by atoms with Crippen LogP contribution in [0.5, 0.6) is 0 Å². The third kappa shape index (κ3) is 2.77. The fourth-order valence-corrected chi connectivity index (χ4v) is 4.34. The first-order valence-corrected chi connectivity index (χ1v) is 10.3. The first-order valence-electron chi connectivity index (χ1n) is 10.3. The molecule has 6 aromatic rings. The number of hydrogen-bond donors (Lipinski definition) is 0. The molecule has 0 saturated heterocycles. The van der Waals surface area contributed by atoms with Crippen LogP contribution >= 0.6 is 0 Å². The molecule has 4 nitrogen and oxygen atoms in total. The molecule has 0 radical (unpaired) electrons. The SMILES string of the molecule is O=c1oc2ccc3ccccc3c2c2c(ccc3ccccc32)oc(=O)c2ccccc12. The van der Waals surface area contributed by atoms with Crippen LogP contribution in [0, 0.1) is 0 Å². The van der Waals surface area contributed by atoms with Crippen LogP contribution < -0.4 is 11.3 Å². The van der Waals surface area contributed by atoms with E-state index < -0.39 is 11.3 Å². The van der Waals surface area contributed by atoms with Crippen LogP contribution in [0.2, 0.25) is 0 Å². The number of rotatable bonds is 0. The van der Waals surface area contributed by atoms with Gasteiger partial charge in [-0.3, -0.25) is 0 Å². The van der Waals surface area contributed by atoms with Crippen LogP contribution in [0.25, 0.3) is 54.3 Å². The van der Waals surface area contributed by atoms with E-state index in [0.29, 0.717) is 11.2 Å². The molecule has 0 fully saturated rings. The van der Waals surface area contributed by atoms with E-state index in [9.17, 15) is 9.59 Å². The minimum absolute atomic E-state index is 0.167. The molecule has 0 aliphatic rings. The van der Waals surface area contributed by atoms with Crippen molar-refractivity contribution in [2.24, 2.45) is 0 Å². The maximum absolute atomic E-state index is 13.1. The van der Waals surface area contributed by atoms with Gasteiger partial charge >= 0.3 is 11.3 Å². The van der Waals surface area contributed by atoms with E-state index in [1.165, 1.54) is 0 Å². The van der Waals surface area contributed by atoms with E-state index in [-0.39, 0.29) is 10.8 Å². The smallest absolute Gasteiger partial charge is 0.344 e. The van der Waals surface area contributed by atoms with Crippen molar-refractivity contribution in [1.82, 2.24) is 0 Å². The second-order valence-electron chi connectivity index (χ2n) is 7.64. The summed E-state index contributed by atoms with van der Waals surface area (Å²) in [6.07, 6.45) is 0. The van der Waals surface area contributed by atoms with Crippen LogP contribution in [0.1, 0.15) is 0 Å². The Bertz CT molecular complexity index is 1740. The van der Waals surface area contributed by atoms with Crippen molar-refractivity contribution in [2.45, 2.75) is 0 Å². The van der Waals surface area contributed by atoms with Gasteiger partial charge in [0, 0.05) is 10.8 Å². The summed E-state index contributed by atoms with van der Waals surface area (Å²) in [5.41, 5.74) is -0.367. The minimum atomic E-state index is -0.599. The van der Waals surface area contributed by atoms with Gasteiger partial charge in [0.25, 0.3) is 0 Å². The Labute approximate surface area is 181 Å². The lowest BCUT2D eigenvalue weighted by Gasteiger charge is -2.07. The van der Waals surface area contributed by atoms with Gasteiger partial charge in [-0.2, -0.15) is 0 Å². The molecule has 152 valence electrons. The van der Waals surface area contributed by atoms with E-state index in [2.05, 4.69) is 0 Å². The topological polar surface area (TPSA) is 60.4 Å². The lowest BCUT2D eigenvalue weighted by atomic mass is 9.99. The molecule has 0 spiro atoms. The Morgan fingerprint density at radius 1 is 0.406 bits per heavy atom. The number of hydrogen-bond acceptors (Lipinski definition) is 4. The summed E-state index contributed by atoms with van der Waals surface area (Å²) in [7, 11) is 0. The van der Waals surface area contributed by atoms with Crippen molar-refractivity contribution in [2.75, 3.05) is 0 Å². The zero-order valence-corrected chi connectivity index (χ0v) is 16.9. The predicted molar refractivity (Wildman–Crippen MR) is 129 cm³/mol. The molecule has 5 aromatic carbocycles. The van der Waals surface area contributed by atoms with Crippen LogP contribution in [0.3, 0.4) is 0 Å². The van der Waals surface area contributed by atoms with Gasteiger partial charge in [0.1, 0.15) is 11.2 Å². The fraction of sp³-hybridized carbons (Fsp3) is 0. The average molecular weight is 416 g/mol. The van der Waals surface area contributed by atoms with Gasteiger partial charge in [-0.15, -0.1) is 0 Å². The molecule has 0 aliphatic heterocycles. The van der Waals surface area contributed by atoms with E-state index in [0.717, 1.165) is 32.3 Å². The van der Waals surface area contributed by atoms with E-state index in [1.54, 1.807) is 36.4 Å². The van der Waals surface area contributed by atoms with Gasteiger partial charge in [0.15, 0.2) is 0 Å².